The molecule has 0 atom stereocenters. The maximum Gasteiger partial charge on any atom is 0.343 e. The maximum atomic E-state index is 14.4. The molecular weight excluding hydrogens is 498 g/mol. The normalized spacial score (nSPS) is 10.6. The van der Waals surface area contributed by atoms with Gasteiger partial charge in [0.25, 0.3) is 0 Å². The van der Waals surface area contributed by atoms with Crippen LogP contribution in [0.1, 0.15) is 60.5 Å². The monoisotopic (exact) mass is 520 g/mol. The SMILES string of the molecule is CCCCCCCOc1c(F)c(F)c(C#Cc2ccc(OC(=O)c3cc(F)cc(F)c3)cc2)c(F)c1F. The third-order valence-electron chi connectivity index (χ3n) is 5.21. The highest BCUT2D eigenvalue weighted by Gasteiger charge is 2.26. The summed E-state index contributed by atoms with van der Waals surface area (Å²) in [6.45, 7) is 1.94. The molecule has 3 aromatic carbocycles. The van der Waals surface area contributed by atoms with Gasteiger partial charge in [-0.15, -0.1) is 0 Å². The third kappa shape index (κ3) is 7.29. The second-order valence-corrected chi connectivity index (χ2v) is 8.04. The Morgan fingerprint density at radius 1 is 0.757 bits per heavy atom. The Kier molecular flexibility index (Phi) is 9.61. The van der Waals surface area contributed by atoms with E-state index in [1.165, 1.54) is 24.3 Å². The molecule has 9 heteroatoms. The molecular formula is C28H22F6O3. The van der Waals surface area contributed by atoms with E-state index in [9.17, 15) is 31.1 Å². The number of carbonyl (C=O) groups excluding carboxylic acids is 1. The fraction of sp³-hybridized carbons (Fsp3) is 0.250. The molecule has 3 aromatic rings. The van der Waals surface area contributed by atoms with Gasteiger partial charge in [0.1, 0.15) is 22.9 Å². The molecule has 0 saturated heterocycles. The summed E-state index contributed by atoms with van der Waals surface area (Å²) in [4.78, 5) is 12.1. The average Bonchev–Trinajstić information content (AvgIpc) is 2.87. The molecule has 0 saturated carbocycles. The van der Waals surface area contributed by atoms with E-state index < -0.39 is 52.2 Å². The first-order valence-electron chi connectivity index (χ1n) is 11.5. The summed E-state index contributed by atoms with van der Waals surface area (Å²) in [7, 11) is 0. The number of carbonyl (C=O) groups is 1. The Balaban J connectivity index is 1.71. The van der Waals surface area contributed by atoms with Crippen LogP contribution in [0.3, 0.4) is 0 Å². The average molecular weight is 520 g/mol. The summed E-state index contributed by atoms with van der Waals surface area (Å²) < 4.78 is 94.1. The topological polar surface area (TPSA) is 35.5 Å². The highest BCUT2D eigenvalue weighted by atomic mass is 19.2. The minimum atomic E-state index is -1.68. The number of rotatable bonds is 9. The summed E-state index contributed by atoms with van der Waals surface area (Å²) in [5.41, 5.74) is -1.28. The molecule has 0 aliphatic heterocycles. The number of benzene rings is 3. The van der Waals surface area contributed by atoms with Crippen LogP contribution in [0, 0.1) is 46.7 Å². The van der Waals surface area contributed by atoms with E-state index >= 15 is 0 Å². The molecule has 3 rings (SSSR count). The molecule has 194 valence electrons. The van der Waals surface area contributed by atoms with E-state index in [1.54, 1.807) is 0 Å². The van der Waals surface area contributed by atoms with Gasteiger partial charge in [0, 0.05) is 11.6 Å². The first-order chi connectivity index (χ1) is 17.7. The van der Waals surface area contributed by atoms with Crippen molar-refractivity contribution in [3.05, 3.63) is 94.1 Å². The van der Waals surface area contributed by atoms with E-state index in [1.807, 2.05) is 6.92 Å². The van der Waals surface area contributed by atoms with E-state index in [0.29, 0.717) is 12.5 Å². The zero-order valence-electron chi connectivity index (χ0n) is 19.8. The van der Waals surface area contributed by atoms with E-state index in [0.717, 1.165) is 37.8 Å². The van der Waals surface area contributed by atoms with E-state index in [-0.39, 0.29) is 23.5 Å². The van der Waals surface area contributed by atoms with Gasteiger partial charge in [0.2, 0.25) is 11.6 Å². The van der Waals surface area contributed by atoms with Gasteiger partial charge in [0.15, 0.2) is 17.4 Å². The molecule has 0 N–H and O–H groups in total. The molecule has 0 aliphatic carbocycles. The van der Waals surface area contributed by atoms with Crippen LogP contribution in [0.2, 0.25) is 0 Å². The molecule has 0 amide bonds. The second kappa shape index (κ2) is 12.9. The quantitative estimate of drug-likeness (QED) is 0.0733. The maximum absolute atomic E-state index is 14.4. The number of halogens is 6. The van der Waals surface area contributed by atoms with Crippen LogP contribution in [0.4, 0.5) is 26.3 Å². The van der Waals surface area contributed by atoms with Crippen LogP contribution in [-0.2, 0) is 0 Å². The zero-order valence-corrected chi connectivity index (χ0v) is 19.8. The predicted octanol–water partition coefficient (Wildman–Crippen LogP) is 7.49. The molecule has 37 heavy (non-hydrogen) atoms. The van der Waals surface area contributed by atoms with Crippen LogP contribution < -0.4 is 9.47 Å². The van der Waals surface area contributed by atoms with Gasteiger partial charge in [-0.05, 0) is 42.8 Å². The van der Waals surface area contributed by atoms with Crippen molar-refractivity contribution in [1.29, 1.82) is 0 Å². The Hall–Kier alpha value is -3.93. The van der Waals surface area contributed by atoms with Crippen molar-refractivity contribution in [2.24, 2.45) is 0 Å². The largest absolute Gasteiger partial charge is 0.487 e. The van der Waals surface area contributed by atoms with Crippen LogP contribution in [-0.4, -0.2) is 12.6 Å². The minimum absolute atomic E-state index is 0.00846. The molecule has 0 fully saturated rings. The van der Waals surface area contributed by atoms with Crippen molar-refractivity contribution in [3.63, 3.8) is 0 Å². The van der Waals surface area contributed by atoms with E-state index in [2.05, 4.69) is 11.8 Å². The fourth-order valence-electron chi connectivity index (χ4n) is 3.31. The number of unbranched alkanes of at least 4 members (excludes halogenated alkanes) is 4. The molecule has 0 heterocycles. The highest BCUT2D eigenvalue weighted by Crippen LogP contribution is 2.30. The number of ether oxygens (including phenoxy) is 2. The van der Waals surface area contributed by atoms with Crippen molar-refractivity contribution >= 4 is 5.97 Å². The van der Waals surface area contributed by atoms with Crippen molar-refractivity contribution in [3.8, 4) is 23.3 Å². The van der Waals surface area contributed by atoms with Crippen molar-refractivity contribution in [2.75, 3.05) is 6.61 Å². The van der Waals surface area contributed by atoms with Crippen LogP contribution in [0.25, 0.3) is 0 Å². The third-order valence-corrected chi connectivity index (χ3v) is 5.21. The van der Waals surface area contributed by atoms with E-state index in [4.69, 9.17) is 9.47 Å². The van der Waals surface area contributed by atoms with Gasteiger partial charge in [-0.1, -0.05) is 44.4 Å². The smallest absolute Gasteiger partial charge is 0.343 e. The molecule has 0 aliphatic rings. The summed E-state index contributed by atoms with van der Waals surface area (Å²) in [6.07, 6.45) is 4.17. The Morgan fingerprint density at radius 3 is 1.95 bits per heavy atom. The standard InChI is InChI=1S/C28H22F6O3/c1-2-3-4-5-6-13-36-27-25(33)23(31)22(24(32)26(27)34)12-9-17-7-10-21(11-8-17)37-28(35)18-14-19(29)16-20(30)15-18/h7-8,10-11,14-16H,2-6,13H2,1H3. The minimum Gasteiger partial charge on any atom is -0.487 e. The van der Waals surface area contributed by atoms with Gasteiger partial charge in [-0.3, -0.25) is 0 Å². The first kappa shape index (κ1) is 27.7. The van der Waals surface area contributed by atoms with Crippen molar-refractivity contribution in [1.82, 2.24) is 0 Å². The number of hydrogen-bond acceptors (Lipinski definition) is 3. The summed E-state index contributed by atoms with van der Waals surface area (Å²) >= 11 is 0. The lowest BCUT2D eigenvalue weighted by atomic mass is 10.1. The van der Waals surface area contributed by atoms with Gasteiger partial charge in [0.05, 0.1) is 12.2 Å². The van der Waals surface area contributed by atoms with Crippen molar-refractivity contribution < 1.29 is 40.6 Å². The second-order valence-electron chi connectivity index (χ2n) is 8.04. The number of hydrogen-bond donors (Lipinski definition) is 0. The molecule has 0 bridgehead atoms. The van der Waals surface area contributed by atoms with Gasteiger partial charge < -0.3 is 9.47 Å². The summed E-state index contributed by atoms with van der Waals surface area (Å²) in [5.74, 6) is -6.32. The highest BCUT2D eigenvalue weighted by molar-refractivity contribution is 5.91. The molecule has 0 radical (unpaired) electrons. The van der Waals surface area contributed by atoms with Gasteiger partial charge >= 0.3 is 5.97 Å². The summed E-state index contributed by atoms with van der Waals surface area (Å²) in [6, 6.07) is 7.35. The molecule has 0 spiro atoms. The lowest BCUT2D eigenvalue weighted by Crippen LogP contribution is -2.09. The van der Waals surface area contributed by atoms with Crippen molar-refractivity contribution in [2.45, 2.75) is 39.0 Å². The first-order valence-corrected chi connectivity index (χ1v) is 11.5. The fourth-order valence-corrected chi connectivity index (χ4v) is 3.31. The van der Waals surface area contributed by atoms with Gasteiger partial charge in [-0.2, -0.15) is 8.78 Å². The summed E-state index contributed by atoms with van der Waals surface area (Å²) in [5, 5.41) is 0. The van der Waals surface area contributed by atoms with Crippen LogP contribution >= 0.6 is 0 Å². The molecule has 3 nitrogen and oxygen atoms in total. The Bertz CT molecular complexity index is 1280. The molecule has 0 aromatic heterocycles. The van der Waals surface area contributed by atoms with Crippen LogP contribution in [0.15, 0.2) is 42.5 Å². The lowest BCUT2D eigenvalue weighted by Gasteiger charge is -2.11. The molecule has 0 unspecified atom stereocenters. The lowest BCUT2D eigenvalue weighted by molar-refractivity contribution is 0.0733. The zero-order chi connectivity index (χ0) is 26.9. The Labute approximate surface area is 210 Å². The predicted molar refractivity (Wildman–Crippen MR) is 124 cm³/mol. The van der Waals surface area contributed by atoms with Crippen LogP contribution in [0.5, 0.6) is 11.5 Å². The Morgan fingerprint density at radius 2 is 1.35 bits per heavy atom. The number of esters is 1. The van der Waals surface area contributed by atoms with Gasteiger partial charge in [-0.25, -0.2) is 22.4 Å².